The molecular weight excluding hydrogens is 494 g/mol. The van der Waals surface area contributed by atoms with Crippen LogP contribution in [0.3, 0.4) is 0 Å². The maximum Gasteiger partial charge on any atom is 0.349 e. The van der Waals surface area contributed by atoms with E-state index in [2.05, 4.69) is 11.9 Å². The van der Waals surface area contributed by atoms with Crippen LogP contribution in [-0.4, -0.2) is 54.6 Å². The van der Waals surface area contributed by atoms with Crippen molar-refractivity contribution < 1.29 is 24.2 Å². The van der Waals surface area contributed by atoms with E-state index in [0.717, 1.165) is 44.3 Å². The molecule has 2 fully saturated rings. The van der Waals surface area contributed by atoms with Crippen molar-refractivity contribution in [1.82, 2.24) is 4.90 Å². The van der Waals surface area contributed by atoms with Gasteiger partial charge in [-0.3, -0.25) is 4.79 Å². The molecule has 2 aliphatic rings. The van der Waals surface area contributed by atoms with Crippen LogP contribution >= 0.6 is 22.7 Å². The van der Waals surface area contributed by atoms with E-state index < -0.39 is 11.6 Å². The molecule has 1 aromatic carbocycles. The molecular formula is C28H31NO5S2. The average Bonchev–Trinajstić information content (AvgIpc) is 3.72. The quantitative estimate of drug-likeness (QED) is 0.216. The normalized spacial score (nSPS) is 23.2. The molecule has 0 saturated heterocycles. The molecule has 8 heteroatoms. The minimum absolute atomic E-state index is 0.163. The number of carbonyl (C=O) groups is 2. The predicted octanol–water partition coefficient (Wildman–Crippen LogP) is 4.97. The highest BCUT2D eigenvalue weighted by molar-refractivity contribution is 7.12. The van der Waals surface area contributed by atoms with Gasteiger partial charge in [0.15, 0.2) is 0 Å². The topological polar surface area (TPSA) is 76.1 Å². The van der Waals surface area contributed by atoms with Crippen LogP contribution in [-0.2, 0) is 15.1 Å². The maximum absolute atomic E-state index is 13.5. The maximum atomic E-state index is 13.5. The molecule has 0 spiro atoms. The van der Waals surface area contributed by atoms with Crippen molar-refractivity contribution in [3.05, 3.63) is 74.6 Å². The van der Waals surface area contributed by atoms with Crippen molar-refractivity contribution in [1.29, 1.82) is 0 Å². The summed E-state index contributed by atoms with van der Waals surface area (Å²) in [5.74, 6) is 0.803. The first-order chi connectivity index (χ1) is 17.5. The van der Waals surface area contributed by atoms with Gasteiger partial charge in [0.2, 0.25) is 5.60 Å². The third-order valence-corrected chi connectivity index (χ3v) is 9.55. The summed E-state index contributed by atoms with van der Waals surface area (Å²) in [5.41, 5.74) is -1.12. The smallest absolute Gasteiger partial charge is 0.349 e. The number of ether oxygens (including phenoxy) is 2. The van der Waals surface area contributed by atoms with Crippen molar-refractivity contribution in [2.75, 3.05) is 20.2 Å². The Morgan fingerprint density at radius 1 is 1.11 bits per heavy atom. The molecule has 2 heterocycles. The Bertz CT molecular complexity index is 1110. The minimum Gasteiger partial charge on any atom is -0.494 e. The number of benzene rings is 1. The molecule has 36 heavy (non-hydrogen) atoms. The van der Waals surface area contributed by atoms with Crippen molar-refractivity contribution >= 4 is 34.9 Å². The van der Waals surface area contributed by atoms with E-state index >= 15 is 0 Å². The zero-order valence-electron chi connectivity index (χ0n) is 20.2. The molecule has 5 rings (SSSR count). The van der Waals surface area contributed by atoms with Gasteiger partial charge in [-0.15, -0.1) is 22.7 Å². The lowest BCUT2D eigenvalue weighted by atomic mass is 9.94. The van der Waals surface area contributed by atoms with E-state index in [1.54, 1.807) is 24.3 Å². The summed E-state index contributed by atoms with van der Waals surface area (Å²) < 4.78 is 12.0. The van der Waals surface area contributed by atoms with Gasteiger partial charge in [0.1, 0.15) is 18.1 Å². The van der Waals surface area contributed by atoms with Gasteiger partial charge in [0.25, 0.3) is 0 Å². The second-order valence-corrected chi connectivity index (χ2v) is 11.6. The first-order valence-corrected chi connectivity index (χ1v) is 14.2. The van der Waals surface area contributed by atoms with Crippen LogP contribution in [0.5, 0.6) is 5.75 Å². The molecule has 0 unspecified atom stereocenters. The summed E-state index contributed by atoms with van der Waals surface area (Å²) in [6, 6.07) is 14.8. The summed E-state index contributed by atoms with van der Waals surface area (Å²) >= 11 is 2.74. The van der Waals surface area contributed by atoms with Crippen molar-refractivity contribution in [2.24, 2.45) is 11.8 Å². The van der Waals surface area contributed by atoms with Crippen LogP contribution < -0.4 is 4.74 Å². The Hall–Kier alpha value is -2.52. The van der Waals surface area contributed by atoms with Gasteiger partial charge in [-0.05, 0) is 85.8 Å². The van der Waals surface area contributed by atoms with Crippen molar-refractivity contribution in [3.8, 4) is 5.75 Å². The molecule has 2 bridgehead atoms. The van der Waals surface area contributed by atoms with Gasteiger partial charge >= 0.3 is 5.97 Å². The number of nitrogens with zero attached hydrogens (tertiary/aromatic N) is 1. The first-order valence-electron chi connectivity index (χ1n) is 12.4. The number of esters is 1. The van der Waals surface area contributed by atoms with Crippen LogP contribution in [0.2, 0.25) is 0 Å². The van der Waals surface area contributed by atoms with Gasteiger partial charge in [0, 0.05) is 24.1 Å². The lowest BCUT2D eigenvalue weighted by molar-refractivity contribution is -0.170. The van der Waals surface area contributed by atoms with Crippen LogP contribution in [0, 0.1) is 11.8 Å². The Labute approximate surface area is 219 Å². The molecule has 4 atom stereocenters. The van der Waals surface area contributed by atoms with Crippen LogP contribution in [0.4, 0.5) is 0 Å². The van der Waals surface area contributed by atoms with E-state index in [9.17, 15) is 14.7 Å². The number of aliphatic hydroxyl groups is 1. The molecule has 1 N–H and O–H groups in total. The van der Waals surface area contributed by atoms with Gasteiger partial charge in [-0.2, -0.15) is 0 Å². The van der Waals surface area contributed by atoms with Crippen molar-refractivity contribution in [3.63, 3.8) is 0 Å². The number of fused-ring (bicyclic) bond motifs is 2. The monoisotopic (exact) mass is 525 g/mol. The van der Waals surface area contributed by atoms with Crippen LogP contribution in [0.1, 0.15) is 45.8 Å². The largest absolute Gasteiger partial charge is 0.494 e. The molecule has 0 aliphatic heterocycles. The molecule has 6 nitrogen and oxygen atoms in total. The van der Waals surface area contributed by atoms with E-state index in [4.69, 9.17) is 9.47 Å². The SMILES string of the molecule is CN(CCCOc1ccc(C=O)cc1)[C@H]1C[C@H]2CC[C@@H]1[C@@H]2OC(=O)C(O)(c1cccs1)c1cccs1. The highest BCUT2D eigenvalue weighted by Gasteiger charge is 2.54. The Kier molecular flexibility index (Phi) is 7.57. The number of hydrogen-bond donors (Lipinski definition) is 1. The number of thiophene rings is 2. The highest BCUT2D eigenvalue weighted by atomic mass is 32.1. The Morgan fingerprint density at radius 2 is 1.81 bits per heavy atom. The van der Waals surface area contributed by atoms with Gasteiger partial charge in [0.05, 0.1) is 16.4 Å². The van der Waals surface area contributed by atoms with Crippen LogP contribution in [0.25, 0.3) is 0 Å². The molecule has 190 valence electrons. The average molecular weight is 526 g/mol. The molecule has 3 aromatic rings. The number of hydrogen-bond acceptors (Lipinski definition) is 8. The molecule has 0 radical (unpaired) electrons. The minimum atomic E-state index is -1.76. The van der Waals surface area contributed by atoms with Gasteiger partial charge in [-0.25, -0.2) is 4.79 Å². The number of rotatable bonds is 11. The third-order valence-electron chi connectivity index (χ3n) is 7.60. The van der Waals surface area contributed by atoms with E-state index in [-0.39, 0.29) is 12.0 Å². The Balaban J connectivity index is 1.17. The summed E-state index contributed by atoms with van der Waals surface area (Å²) in [6.45, 7) is 1.48. The lowest BCUT2D eigenvalue weighted by Crippen LogP contribution is -2.42. The molecule has 2 saturated carbocycles. The van der Waals surface area contributed by atoms with Gasteiger partial charge in [-0.1, -0.05) is 12.1 Å². The van der Waals surface area contributed by atoms with Crippen molar-refractivity contribution in [2.45, 2.75) is 43.4 Å². The lowest BCUT2D eigenvalue weighted by Gasteiger charge is -2.32. The summed E-state index contributed by atoms with van der Waals surface area (Å²) in [4.78, 5) is 27.8. The zero-order chi connectivity index (χ0) is 25.1. The second kappa shape index (κ2) is 10.8. The standard InChI is InChI=1S/C28H31NO5S2/c1-29(13-4-14-33-21-10-7-19(18-30)8-11-21)23-17-20-9-12-22(23)26(20)34-27(31)28(32,24-5-2-15-35-24)25-6-3-16-36-25/h2-3,5-8,10-11,15-16,18,20,22-23,26,32H,4,9,12-14,17H2,1H3/t20-,22+,23+,26-/m1/s1. The fourth-order valence-corrected chi connectivity index (χ4v) is 7.45. The zero-order valence-corrected chi connectivity index (χ0v) is 21.9. The fourth-order valence-electron chi connectivity index (χ4n) is 5.74. The highest BCUT2D eigenvalue weighted by Crippen LogP contribution is 2.49. The fraction of sp³-hybridized carbons (Fsp3) is 0.429. The molecule has 0 amide bonds. The first kappa shape index (κ1) is 25.1. The summed E-state index contributed by atoms with van der Waals surface area (Å²) in [5, 5.41) is 15.3. The molecule has 2 aromatic heterocycles. The summed E-state index contributed by atoms with van der Waals surface area (Å²) in [7, 11) is 2.14. The van der Waals surface area contributed by atoms with E-state index in [1.807, 2.05) is 35.0 Å². The molecule has 2 aliphatic carbocycles. The third kappa shape index (κ3) is 4.87. The number of carbonyl (C=O) groups excluding carboxylic acids is 2. The van der Waals surface area contributed by atoms with Gasteiger partial charge < -0.3 is 19.5 Å². The predicted molar refractivity (Wildman–Crippen MR) is 141 cm³/mol. The summed E-state index contributed by atoms with van der Waals surface area (Å²) in [6.07, 6.45) is 4.63. The van der Waals surface area contributed by atoms with E-state index in [0.29, 0.717) is 33.9 Å². The second-order valence-electron chi connectivity index (χ2n) is 9.71. The van der Waals surface area contributed by atoms with E-state index in [1.165, 1.54) is 22.7 Å². The number of aldehydes is 1. The van der Waals surface area contributed by atoms with Crippen LogP contribution in [0.15, 0.2) is 59.3 Å². The Morgan fingerprint density at radius 3 is 2.42 bits per heavy atom.